The van der Waals surface area contributed by atoms with Gasteiger partial charge in [0.15, 0.2) is 0 Å². The molecule has 2 N–H and O–H groups in total. The minimum Gasteiger partial charge on any atom is -0.396 e. The van der Waals surface area contributed by atoms with Gasteiger partial charge in [-0.05, 0) is 25.5 Å². The van der Waals surface area contributed by atoms with Crippen LogP contribution < -0.4 is 10.2 Å². The molecule has 0 fully saturated rings. The SMILES string of the molecule is CCNC1C(=O)N(CCCCO)c2ccccc21. The number of aliphatic hydroxyl groups is 1. The van der Waals surface area contributed by atoms with Crippen molar-refractivity contribution in [1.29, 1.82) is 0 Å². The van der Waals surface area contributed by atoms with Gasteiger partial charge < -0.3 is 15.3 Å². The Bertz CT molecular complexity index is 420. The number of aliphatic hydroxyl groups excluding tert-OH is 1. The van der Waals surface area contributed by atoms with E-state index in [9.17, 15) is 4.79 Å². The lowest BCUT2D eigenvalue weighted by Crippen LogP contribution is -2.35. The lowest BCUT2D eigenvalue weighted by molar-refractivity contribution is -0.120. The molecule has 1 unspecified atom stereocenters. The van der Waals surface area contributed by atoms with Crippen LogP contribution in [-0.2, 0) is 4.79 Å². The maximum absolute atomic E-state index is 12.3. The van der Waals surface area contributed by atoms with Gasteiger partial charge in [0.25, 0.3) is 0 Å². The van der Waals surface area contributed by atoms with Crippen LogP contribution in [0.3, 0.4) is 0 Å². The summed E-state index contributed by atoms with van der Waals surface area (Å²) in [6.07, 6.45) is 1.56. The van der Waals surface area contributed by atoms with E-state index in [1.165, 1.54) is 0 Å². The fourth-order valence-corrected chi connectivity index (χ4v) is 2.40. The first-order chi connectivity index (χ1) is 8.79. The van der Waals surface area contributed by atoms with Gasteiger partial charge in [0.1, 0.15) is 6.04 Å². The van der Waals surface area contributed by atoms with Crippen LogP contribution in [0.2, 0.25) is 0 Å². The average Bonchev–Trinajstić information content (AvgIpc) is 2.65. The lowest BCUT2D eigenvalue weighted by Gasteiger charge is -2.17. The number of rotatable bonds is 6. The van der Waals surface area contributed by atoms with Crippen molar-refractivity contribution < 1.29 is 9.90 Å². The molecule has 18 heavy (non-hydrogen) atoms. The molecule has 0 saturated heterocycles. The van der Waals surface area contributed by atoms with Gasteiger partial charge in [0, 0.05) is 24.4 Å². The van der Waals surface area contributed by atoms with E-state index < -0.39 is 0 Å². The van der Waals surface area contributed by atoms with Crippen molar-refractivity contribution in [1.82, 2.24) is 5.32 Å². The molecular weight excluding hydrogens is 228 g/mol. The summed E-state index contributed by atoms with van der Waals surface area (Å²) in [6.45, 7) is 3.64. The minimum atomic E-state index is -0.208. The molecule has 0 bridgehead atoms. The number of unbranched alkanes of at least 4 members (excludes halogenated alkanes) is 1. The Morgan fingerprint density at radius 1 is 1.33 bits per heavy atom. The van der Waals surface area contributed by atoms with Gasteiger partial charge in [-0.3, -0.25) is 4.79 Å². The highest BCUT2D eigenvalue weighted by molar-refractivity contribution is 6.04. The molecule has 0 saturated carbocycles. The van der Waals surface area contributed by atoms with Crippen LogP contribution >= 0.6 is 0 Å². The fourth-order valence-electron chi connectivity index (χ4n) is 2.40. The van der Waals surface area contributed by atoms with Gasteiger partial charge in [-0.15, -0.1) is 0 Å². The third-order valence-corrected chi connectivity index (χ3v) is 3.25. The topological polar surface area (TPSA) is 52.6 Å². The van der Waals surface area contributed by atoms with E-state index in [1.54, 1.807) is 0 Å². The normalized spacial score (nSPS) is 18.2. The molecule has 1 amide bonds. The molecule has 2 rings (SSSR count). The Morgan fingerprint density at radius 2 is 2.11 bits per heavy atom. The Hall–Kier alpha value is -1.39. The fraction of sp³-hybridized carbons (Fsp3) is 0.500. The average molecular weight is 248 g/mol. The first-order valence-corrected chi connectivity index (χ1v) is 6.54. The zero-order chi connectivity index (χ0) is 13.0. The number of amides is 1. The van der Waals surface area contributed by atoms with E-state index in [4.69, 9.17) is 5.11 Å². The van der Waals surface area contributed by atoms with Crippen molar-refractivity contribution >= 4 is 11.6 Å². The largest absolute Gasteiger partial charge is 0.396 e. The Kier molecular flexibility index (Phi) is 4.33. The Labute approximate surface area is 108 Å². The van der Waals surface area contributed by atoms with E-state index in [1.807, 2.05) is 36.1 Å². The van der Waals surface area contributed by atoms with Crippen LogP contribution in [0.1, 0.15) is 31.4 Å². The lowest BCUT2D eigenvalue weighted by atomic mass is 10.1. The third-order valence-electron chi connectivity index (χ3n) is 3.25. The number of hydrogen-bond donors (Lipinski definition) is 2. The smallest absolute Gasteiger partial charge is 0.248 e. The number of benzene rings is 1. The van der Waals surface area contributed by atoms with Crippen molar-refractivity contribution in [3.63, 3.8) is 0 Å². The molecule has 1 aromatic carbocycles. The van der Waals surface area contributed by atoms with Crippen LogP contribution in [0.4, 0.5) is 5.69 Å². The number of fused-ring (bicyclic) bond motifs is 1. The van der Waals surface area contributed by atoms with E-state index >= 15 is 0 Å². The highest BCUT2D eigenvalue weighted by Crippen LogP contribution is 2.35. The first-order valence-electron chi connectivity index (χ1n) is 6.54. The summed E-state index contributed by atoms with van der Waals surface area (Å²) in [5.74, 6) is 0.121. The molecule has 0 aliphatic carbocycles. The standard InChI is InChI=1S/C14H20N2O2/c1-2-15-13-11-7-3-4-8-12(11)16(14(13)18)9-5-6-10-17/h3-4,7-8,13,15,17H,2,5-6,9-10H2,1H3. The molecule has 1 heterocycles. The zero-order valence-corrected chi connectivity index (χ0v) is 10.7. The number of carbonyl (C=O) groups is 1. The van der Waals surface area contributed by atoms with Crippen LogP contribution in [0.15, 0.2) is 24.3 Å². The zero-order valence-electron chi connectivity index (χ0n) is 10.7. The second kappa shape index (κ2) is 5.98. The predicted molar refractivity (Wildman–Crippen MR) is 71.5 cm³/mol. The van der Waals surface area contributed by atoms with E-state index in [2.05, 4.69) is 5.32 Å². The molecule has 1 atom stereocenters. The number of anilines is 1. The van der Waals surface area contributed by atoms with Crippen LogP contribution in [0, 0.1) is 0 Å². The molecule has 1 aromatic rings. The first kappa shape index (κ1) is 13.1. The maximum Gasteiger partial charge on any atom is 0.248 e. The minimum absolute atomic E-state index is 0.121. The number of para-hydroxylation sites is 1. The van der Waals surface area contributed by atoms with Crippen molar-refractivity contribution in [3.8, 4) is 0 Å². The highest BCUT2D eigenvalue weighted by atomic mass is 16.3. The molecule has 4 heteroatoms. The van der Waals surface area contributed by atoms with E-state index in [0.29, 0.717) is 6.54 Å². The quantitative estimate of drug-likeness (QED) is 0.749. The van der Waals surface area contributed by atoms with E-state index in [0.717, 1.165) is 30.6 Å². The van der Waals surface area contributed by atoms with Crippen molar-refractivity contribution in [2.24, 2.45) is 0 Å². The van der Waals surface area contributed by atoms with Gasteiger partial charge in [-0.25, -0.2) is 0 Å². The number of carbonyl (C=O) groups excluding carboxylic acids is 1. The second-order valence-corrected chi connectivity index (χ2v) is 4.47. The molecule has 0 spiro atoms. The summed E-state index contributed by atoms with van der Waals surface area (Å²) in [5.41, 5.74) is 2.07. The summed E-state index contributed by atoms with van der Waals surface area (Å²) < 4.78 is 0. The predicted octanol–water partition coefficient (Wildman–Crippen LogP) is 1.46. The summed E-state index contributed by atoms with van der Waals surface area (Å²) in [7, 11) is 0. The third kappa shape index (κ3) is 2.40. The van der Waals surface area contributed by atoms with Crippen molar-refractivity contribution in [2.75, 3.05) is 24.6 Å². The molecular formula is C14H20N2O2. The van der Waals surface area contributed by atoms with Gasteiger partial charge in [-0.1, -0.05) is 25.1 Å². The number of nitrogens with zero attached hydrogens (tertiary/aromatic N) is 1. The summed E-state index contributed by atoms with van der Waals surface area (Å²) in [4.78, 5) is 14.2. The number of nitrogens with one attached hydrogen (secondary N) is 1. The van der Waals surface area contributed by atoms with Crippen LogP contribution in [-0.4, -0.2) is 30.7 Å². The summed E-state index contributed by atoms with van der Waals surface area (Å²) >= 11 is 0. The van der Waals surface area contributed by atoms with Gasteiger partial charge in [0.05, 0.1) is 0 Å². The highest BCUT2D eigenvalue weighted by Gasteiger charge is 2.35. The van der Waals surface area contributed by atoms with Crippen LogP contribution in [0.5, 0.6) is 0 Å². The van der Waals surface area contributed by atoms with E-state index in [-0.39, 0.29) is 18.6 Å². The molecule has 1 aliphatic heterocycles. The van der Waals surface area contributed by atoms with Gasteiger partial charge in [0.2, 0.25) is 5.91 Å². The summed E-state index contributed by atoms with van der Waals surface area (Å²) in [6, 6.07) is 7.71. The van der Waals surface area contributed by atoms with Gasteiger partial charge >= 0.3 is 0 Å². The molecule has 4 nitrogen and oxygen atoms in total. The molecule has 1 aliphatic rings. The van der Waals surface area contributed by atoms with Crippen molar-refractivity contribution in [2.45, 2.75) is 25.8 Å². The maximum atomic E-state index is 12.3. The number of likely N-dealkylation sites (N-methyl/N-ethyl adjacent to an activating group) is 1. The monoisotopic (exact) mass is 248 g/mol. The number of hydrogen-bond acceptors (Lipinski definition) is 3. The van der Waals surface area contributed by atoms with Crippen molar-refractivity contribution in [3.05, 3.63) is 29.8 Å². The Morgan fingerprint density at radius 3 is 2.83 bits per heavy atom. The molecule has 0 radical (unpaired) electrons. The summed E-state index contributed by atoms with van der Waals surface area (Å²) in [5, 5.41) is 12.1. The van der Waals surface area contributed by atoms with Gasteiger partial charge in [-0.2, -0.15) is 0 Å². The second-order valence-electron chi connectivity index (χ2n) is 4.47. The molecule has 0 aromatic heterocycles. The van der Waals surface area contributed by atoms with Crippen LogP contribution in [0.25, 0.3) is 0 Å². The Balaban J connectivity index is 2.18. The molecule has 98 valence electrons.